The molecule has 2 amide bonds. The number of urea groups is 1. The number of carbonyl (C=O) groups excluding carboxylic acids is 1. The first-order valence-corrected chi connectivity index (χ1v) is 11.2. The van der Waals surface area contributed by atoms with E-state index in [0.717, 1.165) is 24.1 Å². The van der Waals surface area contributed by atoms with Crippen LogP contribution >= 0.6 is 23.2 Å². The molecule has 1 heterocycles. The molecule has 0 bridgehead atoms. The monoisotopic (exact) mass is 472 g/mol. The molecule has 1 saturated heterocycles. The van der Waals surface area contributed by atoms with E-state index in [4.69, 9.17) is 23.2 Å². The highest BCUT2D eigenvalue weighted by molar-refractivity contribution is 6.31. The van der Waals surface area contributed by atoms with Crippen LogP contribution in [-0.4, -0.2) is 12.1 Å². The summed E-state index contributed by atoms with van der Waals surface area (Å²) in [6, 6.07) is 20.3. The third-order valence-corrected chi connectivity index (χ3v) is 7.03. The third-order valence-electron chi connectivity index (χ3n) is 6.52. The Morgan fingerprint density at radius 2 is 1.53 bits per heavy atom. The fraction of sp³-hybridized carbons (Fsp3) is 0.240. The highest BCUT2D eigenvalue weighted by Gasteiger charge is 2.61. The Kier molecular flexibility index (Phi) is 5.34. The molecule has 1 aliphatic carbocycles. The molecule has 3 aromatic carbocycles. The molecule has 0 N–H and O–H groups in total. The highest BCUT2D eigenvalue weighted by atomic mass is 35.5. The van der Waals surface area contributed by atoms with Gasteiger partial charge in [-0.25, -0.2) is 13.6 Å². The minimum absolute atomic E-state index is 0.0454. The van der Waals surface area contributed by atoms with E-state index in [1.54, 1.807) is 58.3 Å². The van der Waals surface area contributed by atoms with E-state index >= 15 is 0 Å². The Hall–Kier alpha value is -2.63. The van der Waals surface area contributed by atoms with Crippen LogP contribution < -0.4 is 9.80 Å². The van der Waals surface area contributed by atoms with Gasteiger partial charge in [0.1, 0.15) is 0 Å². The first-order chi connectivity index (χ1) is 15.4. The summed E-state index contributed by atoms with van der Waals surface area (Å²) in [5, 5.41) is 1.14. The quantitative estimate of drug-likeness (QED) is 0.379. The molecule has 2 fully saturated rings. The van der Waals surface area contributed by atoms with Crippen molar-refractivity contribution in [3.05, 3.63) is 94.0 Å². The molecular formula is C25H20Cl2F2N2O. The predicted octanol–water partition coefficient (Wildman–Crippen LogP) is 7.83. The minimum Gasteiger partial charge on any atom is -0.288 e. The maximum Gasteiger partial charge on any atom is 0.330 e. The first kappa shape index (κ1) is 21.2. The van der Waals surface area contributed by atoms with Crippen LogP contribution in [0.3, 0.4) is 0 Å². The van der Waals surface area contributed by atoms with Crippen LogP contribution in [0.4, 0.5) is 25.0 Å². The van der Waals surface area contributed by atoms with Crippen molar-refractivity contribution in [1.29, 1.82) is 0 Å². The number of halogens is 4. The number of anilines is 2. The number of carbonyl (C=O) groups is 1. The topological polar surface area (TPSA) is 23.6 Å². The van der Waals surface area contributed by atoms with Crippen LogP contribution in [0, 0.1) is 0 Å². The van der Waals surface area contributed by atoms with Gasteiger partial charge in [-0.1, -0.05) is 41.4 Å². The van der Waals surface area contributed by atoms with Crippen LogP contribution in [0.1, 0.15) is 36.8 Å². The van der Waals surface area contributed by atoms with Gasteiger partial charge in [-0.05, 0) is 79.4 Å². The number of hydrogen-bond donors (Lipinski definition) is 0. The van der Waals surface area contributed by atoms with E-state index in [1.165, 1.54) is 6.07 Å². The number of amides is 2. The van der Waals surface area contributed by atoms with Crippen molar-refractivity contribution in [2.24, 2.45) is 0 Å². The van der Waals surface area contributed by atoms with Crippen LogP contribution in [0.25, 0.3) is 0 Å². The molecule has 0 spiro atoms. The normalized spacial score (nSPS) is 22.7. The molecule has 0 unspecified atom stereocenters. The molecule has 3 aromatic rings. The number of fused-ring (bicyclic) bond motifs is 1. The van der Waals surface area contributed by atoms with Gasteiger partial charge in [-0.2, -0.15) is 0 Å². The summed E-state index contributed by atoms with van der Waals surface area (Å²) in [5.41, 5.74) is 1.33. The van der Waals surface area contributed by atoms with E-state index in [2.05, 4.69) is 0 Å². The standard InChI is InChI=1S/C25H20Cl2F2N2O/c26-18-6-10-20(11-7-18)30-22-5-2-14-25(22,17-4-1-3-16(15-17)23(28)29)31(24(30)32)21-12-8-19(27)9-13-21/h1,3-4,6-13,15,22-23H,2,5,14H2/t22-,25-/m0/s1. The Morgan fingerprint density at radius 1 is 0.906 bits per heavy atom. The van der Waals surface area contributed by atoms with Gasteiger partial charge in [0.15, 0.2) is 0 Å². The second-order valence-electron chi connectivity index (χ2n) is 8.20. The lowest BCUT2D eigenvalue weighted by Crippen LogP contribution is -2.46. The van der Waals surface area contributed by atoms with Crippen LogP contribution in [0.2, 0.25) is 10.0 Å². The Labute approximate surface area is 195 Å². The van der Waals surface area contributed by atoms with Crippen LogP contribution in [0.5, 0.6) is 0 Å². The summed E-state index contributed by atoms with van der Waals surface area (Å²) in [6.45, 7) is 0. The summed E-state index contributed by atoms with van der Waals surface area (Å²) in [6.07, 6.45) is -0.287. The van der Waals surface area contributed by atoms with E-state index in [1.807, 2.05) is 18.2 Å². The maximum atomic E-state index is 13.9. The largest absolute Gasteiger partial charge is 0.330 e. The summed E-state index contributed by atoms with van der Waals surface area (Å²) in [7, 11) is 0. The first-order valence-electron chi connectivity index (χ1n) is 10.4. The highest BCUT2D eigenvalue weighted by Crippen LogP contribution is 2.54. The van der Waals surface area contributed by atoms with Crippen molar-refractivity contribution in [1.82, 2.24) is 0 Å². The maximum absolute atomic E-state index is 13.9. The average molecular weight is 473 g/mol. The lowest BCUT2D eigenvalue weighted by molar-refractivity contribution is 0.151. The Morgan fingerprint density at radius 3 is 2.16 bits per heavy atom. The molecule has 5 rings (SSSR count). The van der Waals surface area contributed by atoms with Gasteiger partial charge in [0, 0.05) is 27.0 Å². The SMILES string of the molecule is O=C1N(c2ccc(Cl)cc2)[C@H]2CCC[C@@]2(c2cccc(C(F)F)c2)N1c1ccc(Cl)cc1. The van der Waals surface area contributed by atoms with Crippen molar-refractivity contribution < 1.29 is 13.6 Å². The second-order valence-corrected chi connectivity index (χ2v) is 9.07. The zero-order valence-electron chi connectivity index (χ0n) is 17.0. The van der Waals surface area contributed by atoms with Crippen molar-refractivity contribution >= 4 is 40.6 Å². The van der Waals surface area contributed by atoms with Gasteiger partial charge in [-0.15, -0.1) is 0 Å². The minimum atomic E-state index is -2.58. The molecule has 2 aliphatic rings. The summed E-state index contributed by atoms with van der Waals surface area (Å²) in [5.74, 6) is 0. The lowest BCUT2D eigenvalue weighted by atomic mass is 9.83. The summed E-state index contributed by atoms with van der Waals surface area (Å²) >= 11 is 12.2. The Balaban J connectivity index is 1.72. The van der Waals surface area contributed by atoms with Gasteiger partial charge in [0.25, 0.3) is 6.43 Å². The Bertz CT molecular complexity index is 1150. The number of hydrogen-bond acceptors (Lipinski definition) is 1. The van der Waals surface area contributed by atoms with Gasteiger partial charge < -0.3 is 0 Å². The predicted molar refractivity (Wildman–Crippen MR) is 124 cm³/mol. The second kappa shape index (κ2) is 8.05. The molecule has 2 atom stereocenters. The smallest absolute Gasteiger partial charge is 0.288 e. The van der Waals surface area contributed by atoms with Gasteiger partial charge >= 0.3 is 6.03 Å². The number of benzene rings is 3. The fourth-order valence-corrected chi connectivity index (χ4v) is 5.47. The average Bonchev–Trinajstić information content (AvgIpc) is 3.31. The summed E-state index contributed by atoms with van der Waals surface area (Å²) in [4.78, 5) is 17.5. The van der Waals surface area contributed by atoms with E-state index < -0.39 is 12.0 Å². The van der Waals surface area contributed by atoms with E-state index in [9.17, 15) is 13.6 Å². The van der Waals surface area contributed by atoms with Crippen molar-refractivity contribution in [3.8, 4) is 0 Å². The number of rotatable bonds is 4. The van der Waals surface area contributed by atoms with E-state index in [-0.39, 0.29) is 17.6 Å². The van der Waals surface area contributed by atoms with Crippen molar-refractivity contribution in [2.45, 2.75) is 37.3 Å². The molecule has 32 heavy (non-hydrogen) atoms. The zero-order valence-corrected chi connectivity index (χ0v) is 18.5. The van der Waals surface area contributed by atoms with Gasteiger partial charge in [-0.3, -0.25) is 9.80 Å². The number of nitrogens with zero attached hydrogens (tertiary/aromatic N) is 2. The van der Waals surface area contributed by atoms with Crippen molar-refractivity contribution in [2.75, 3.05) is 9.80 Å². The van der Waals surface area contributed by atoms with Gasteiger partial charge in [0.05, 0.1) is 11.6 Å². The van der Waals surface area contributed by atoms with Gasteiger partial charge in [0.2, 0.25) is 0 Å². The van der Waals surface area contributed by atoms with Crippen LogP contribution in [-0.2, 0) is 5.54 Å². The molecule has 0 radical (unpaired) electrons. The fourth-order valence-electron chi connectivity index (χ4n) is 5.22. The molecule has 1 aliphatic heterocycles. The molecule has 164 valence electrons. The molecular weight excluding hydrogens is 453 g/mol. The molecule has 3 nitrogen and oxygen atoms in total. The number of alkyl halides is 2. The summed E-state index contributed by atoms with van der Waals surface area (Å²) < 4.78 is 27.2. The molecule has 0 aromatic heterocycles. The lowest BCUT2D eigenvalue weighted by Gasteiger charge is -2.38. The molecule has 7 heteroatoms. The van der Waals surface area contributed by atoms with E-state index in [0.29, 0.717) is 22.2 Å². The zero-order chi connectivity index (χ0) is 22.5. The third kappa shape index (κ3) is 3.26. The van der Waals surface area contributed by atoms with Crippen LogP contribution in [0.15, 0.2) is 72.8 Å². The molecule has 1 saturated carbocycles. The van der Waals surface area contributed by atoms with Crippen molar-refractivity contribution in [3.63, 3.8) is 0 Å².